The van der Waals surface area contributed by atoms with Crippen LogP contribution in [0.5, 0.6) is 0 Å². The molecule has 0 aliphatic heterocycles. The van der Waals surface area contributed by atoms with Crippen LogP contribution in [0.25, 0.3) is 11.0 Å². The van der Waals surface area contributed by atoms with Crippen LogP contribution in [0, 0.1) is 6.92 Å². The Morgan fingerprint density at radius 1 is 1.19 bits per heavy atom. The van der Waals surface area contributed by atoms with Crippen molar-refractivity contribution in [1.82, 2.24) is 9.80 Å². The summed E-state index contributed by atoms with van der Waals surface area (Å²) in [5.74, 6) is 0.378. The van der Waals surface area contributed by atoms with Crippen LogP contribution in [-0.2, 0) is 0 Å². The maximum atomic E-state index is 12.7. The van der Waals surface area contributed by atoms with Crippen LogP contribution in [0.1, 0.15) is 30.0 Å². The molecule has 0 radical (unpaired) electrons. The van der Waals surface area contributed by atoms with E-state index >= 15 is 0 Å². The van der Waals surface area contributed by atoms with E-state index < -0.39 is 0 Å². The molecule has 1 aromatic heterocycles. The average Bonchev–Trinajstić information content (AvgIpc) is 2.80. The van der Waals surface area contributed by atoms with Gasteiger partial charge >= 0.3 is 0 Å². The molecule has 1 amide bonds. The van der Waals surface area contributed by atoms with Gasteiger partial charge in [0, 0.05) is 24.5 Å². The molecule has 1 aromatic carbocycles. The van der Waals surface area contributed by atoms with Crippen LogP contribution in [0.15, 0.2) is 28.7 Å². The largest absolute Gasteiger partial charge is 0.451 e. The predicted molar refractivity (Wildman–Crippen MR) is 85.7 cm³/mol. The van der Waals surface area contributed by atoms with Crippen LogP contribution in [0.2, 0.25) is 0 Å². The normalized spacial score (nSPS) is 11.6. The lowest BCUT2D eigenvalue weighted by Crippen LogP contribution is -2.41. The third-order valence-electron chi connectivity index (χ3n) is 3.55. The fourth-order valence-electron chi connectivity index (χ4n) is 2.31. The summed E-state index contributed by atoms with van der Waals surface area (Å²) in [4.78, 5) is 16.6. The monoisotopic (exact) mass is 288 g/mol. The number of furan rings is 1. The Bertz CT molecular complexity index is 629. The third-order valence-corrected chi connectivity index (χ3v) is 3.55. The Balaban J connectivity index is 2.25. The molecule has 0 aliphatic carbocycles. The minimum Gasteiger partial charge on any atom is -0.451 e. The summed E-state index contributed by atoms with van der Waals surface area (Å²) in [5, 5.41) is 0.981. The van der Waals surface area contributed by atoms with Crippen molar-refractivity contribution in [2.24, 2.45) is 0 Å². The van der Waals surface area contributed by atoms with Gasteiger partial charge in [-0.15, -0.1) is 0 Å². The first-order valence-electron chi connectivity index (χ1n) is 7.34. The predicted octanol–water partition coefficient (Wildman–Crippen LogP) is 3.15. The first-order valence-corrected chi connectivity index (χ1v) is 7.34. The summed E-state index contributed by atoms with van der Waals surface area (Å²) in [6.07, 6.45) is 0. The number of aryl methyl sites for hydroxylation is 1. The van der Waals surface area contributed by atoms with Crippen molar-refractivity contribution < 1.29 is 9.21 Å². The zero-order valence-electron chi connectivity index (χ0n) is 13.5. The van der Waals surface area contributed by atoms with Crippen molar-refractivity contribution in [3.8, 4) is 0 Å². The highest BCUT2D eigenvalue weighted by atomic mass is 16.3. The number of rotatable bonds is 5. The van der Waals surface area contributed by atoms with E-state index in [-0.39, 0.29) is 11.9 Å². The maximum Gasteiger partial charge on any atom is 0.289 e. The molecule has 0 bridgehead atoms. The van der Waals surface area contributed by atoms with Gasteiger partial charge in [-0.1, -0.05) is 11.6 Å². The molecule has 0 spiro atoms. The van der Waals surface area contributed by atoms with Gasteiger partial charge in [-0.05, 0) is 53.1 Å². The molecule has 0 fully saturated rings. The molecule has 4 heteroatoms. The van der Waals surface area contributed by atoms with Crippen molar-refractivity contribution in [1.29, 1.82) is 0 Å². The summed E-state index contributed by atoms with van der Waals surface area (Å²) >= 11 is 0. The molecular formula is C17H24N2O2. The molecule has 1 heterocycles. The number of carbonyl (C=O) groups is 1. The topological polar surface area (TPSA) is 36.7 Å². The van der Waals surface area contributed by atoms with Crippen molar-refractivity contribution in [2.75, 3.05) is 27.2 Å². The minimum atomic E-state index is -0.0410. The fourth-order valence-corrected chi connectivity index (χ4v) is 2.31. The zero-order chi connectivity index (χ0) is 15.6. The highest BCUT2D eigenvalue weighted by Crippen LogP contribution is 2.22. The molecule has 2 aromatic rings. The molecule has 0 unspecified atom stereocenters. The number of carbonyl (C=O) groups excluding carboxylic acids is 1. The third kappa shape index (κ3) is 3.64. The molecule has 114 valence electrons. The SMILES string of the molecule is Cc1ccc2oc(C(=O)N(CCN(C)C)C(C)C)cc2c1. The Morgan fingerprint density at radius 2 is 1.90 bits per heavy atom. The lowest BCUT2D eigenvalue weighted by Gasteiger charge is -2.27. The lowest BCUT2D eigenvalue weighted by molar-refractivity contribution is 0.0663. The van der Waals surface area contributed by atoms with Gasteiger partial charge in [-0.25, -0.2) is 0 Å². The quantitative estimate of drug-likeness (QED) is 0.848. The van der Waals surface area contributed by atoms with Gasteiger partial charge in [-0.3, -0.25) is 4.79 Å². The van der Waals surface area contributed by atoms with Gasteiger partial charge in [-0.2, -0.15) is 0 Å². The van der Waals surface area contributed by atoms with Gasteiger partial charge in [0.2, 0.25) is 0 Å². The van der Waals surface area contributed by atoms with E-state index in [4.69, 9.17) is 4.42 Å². The number of amides is 1. The van der Waals surface area contributed by atoms with Crippen molar-refractivity contribution in [2.45, 2.75) is 26.8 Å². The van der Waals surface area contributed by atoms with Gasteiger partial charge in [0.05, 0.1) is 0 Å². The molecule has 0 saturated heterocycles. The van der Waals surface area contributed by atoms with Crippen LogP contribution in [0.3, 0.4) is 0 Å². The molecule has 21 heavy (non-hydrogen) atoms. The lowest BCUT2D eigenvalue weighted by atomic mass is 10.2. The standard InChI is InChI=1S/C17H24N2O2/c1-12(2)19(9-8-18(4)5)17(20)16-11-14-10-13(3)6-7-15(14)21-16/h6-7,10-12H,8-9H2,1-5H3. The number of hydrogen-bond donors (Lipinski definition) is 0. The van der Waals surface area contributed by atoms with E-state index in [9.17, 15) is 4.79 Å². The van der Waals surface area contributed by atoms with E-state index in [0.717, 1.165) is 23.1 Å². The Labute approximate surface area is 126 Å². The first-order chi connectivity index (χ1) is 9.88. The smallest absolute Gasteiger partial charge is 0.289 e. The summed E-state index contributed by atoms with van der Waals surface area (Å²) in [6.45, 7) is 7.62. The van der Waals surface area contributed by atoms with E-state index in [1.807, 2.05) is 64.0 Å². The number of hydrogen-bond acceptors (Lipinski definition) is 3. The number of benzene rings is 1. The molecule has 0 N–H and O–H groups in total. The van der Waals surface area contributed by atoms with E-state index in [1.165, 1.54) is 0 Å². The summed E-state index contributed by atoms with van der Waals surface area (Å²) in [7, 11) is 4.01. The van der Waals surface area contributed by atoms with Crippen LogP contribution >= 0.6 is 0 Å². The van der Waals surface area contributed by atoms with E-state index in [1.54, 1.807) is 0 Å². The van der Waals surface area contributed by atoms with E-state index in [2.05, 4.69) is 4.90 Å². The van der Waals surface area contributed by atoms with Gasteiger partial charge in [0.1, 0.15) is 5.58 Å². The van der Waals surface area contributed by atoms with Crippen molar-refractivity contribution >= 4 is 16.9 Å². The number of fused-ring (bicyclic) bond motifs is 1. The van der Waals surface area contributed by atoms with Gasteiger partial charge in [0.25, 0.3) is 5.91 Å². The molecule has 4 nitrogen and oxygen atoms in total. The van der Waals surface area contributed by atoms with Crippen LogP contribution in [0.4, 0.5) is 0 Å². The molecule has 0 saturated carbocycles. The second-order valence-corrected chi connectivity index (χ2v) is 6.05. The van der Waals surface area contributed by atoms with E-state index in [0.29, 0.717) is 12.3 Å². The van der Waals surface area contributed by atoms with Crippen molar-refractivity contribution in [3.05, 3.63) is 35.6 Å². The molecule has 0 aliphatic rings. The number of nitrogens with zero attached hydrogens (tertiary/aromatic N) is 2. The second kappa shape index (κ2) is 6.31. The zero-order valence-corrected chi connectivity index (χ0v) is 13.5. The van der Waals surface area contributed by atoms with Crippen molar-refractivity contribution in [3.63, 3.8) is 0 Å². The van der Waals surface area contributed by atoms with Gasteiger partial charge in [0.15, 0.2) is 5.76 Å². The van der Waals surface area contributed by atoms with Gasteiger partial charge < -0.3 is 14.2 Å². The Hall–Kier alpha value is -1.81. The maximum absolute atomic E-state index is 12.7. The molecule has 0 atom stereocenters. The Morgan fingerprint density at radius 3 is 2.52 bits per heavy atom. The summed E-state index contributed by atoms with van der Waals surface area (Å²) < 4.78 is 5.72. The highest BCUT2D eigenvalue weighted by Gasteiger charge is 2.22. The molecular weight excluding hydrogens is 264 g/mol. The second-order valence-electron chi connectivity index (χ2n) is 6.05. The summed E-state index contributed by atoms with van der Waals surface area (Å²) in [5.41, 5.74) is 1.93. The average molecular weight is 288 g/mol. The fraction of sp³-hybridized carbons (Fsp3) is 0.471. The van der Waals surface area contributed by atoms with Crippen LogP contribution in [-0.4, -0.2) is 48.9 Å². The van der Waals surface area contributed by atoms with Crippen LogP contribution < -0.4 is 0 Å². The summed E-state index contributed by atoms with van der Waals surface area (Å²) in [6, 6.07) is 7.94. The highest BCUT2D eigenvalue weighted by molar-refractivity contribution is 5.96. The number of likely N-dealkylation sites (N-methyl/N-ethyl adjacent to an activating group) is 1. The minimum absolute atomic E-state index is 0.0410. The first kappa shape index (κ1) is 15.6. The Kier molecular flexibility index (Phi) is 4.68. The molecule has 2 rings (SSSR count).